The van der Waals surface area contributed by atoms with Gasteiger partial charge in [0, 0.05) is 5.02 Å². The quantitative estimate of drug-likeness (QED) is 0.740. The molecular formula is C18H22ClNO. The summed E-state index contributed by atoms with van der Waals surface area (Å²) in [5, 5.41) is 4.10. The van der Waals surface area contributed by atoms with E-state index in [1.807, 2.05) is 31.3 Å². The molecule has 0 aromatic heterocycles. The van der Waals surface area contributed by atoms with Crippen molar-refractivity contribution in [2.24, 2.45) is 0 Å². The average Bonchev–Trinajstić information content (AvgIpc) is 2.52. The molecular weight excluding hydrogens is 282 g/mol. The Kier molecular flexibility index (Phi) is 6.09. The first-order valence-corrected chi connectivity index (χ1v) is 7.78. The topological polar surface area (TPSA) is 21.3 Å². The fourth-order valence-corrected chi connectivity index (χ4v) is 2.40. The van der Waals surface area contributed by atoms with E-state index in [0.717, 1.165) is 30.2 Å². The Bertz CT molecular complexity index is 536. The highest BCUT2D eigenvalue weighted by molar-refractivity contribution is 6.30. The van der Waals surface area contributed by atoms with Crippen LogP contribution in [0.15, 0.2) is 48.5 Å². The smallest absolute Gasteiger partial charge is 0.119 e. The van der Waals surface area contributed by atoms with E-state index in [1.54, 1.807) is 0 Å². The lowest BCUT2D eigenvalue weighted by Gasteiger charge is -2.18. The van der Waals surface area contributed by atoms with Gasteiger partial charge in [-0.1, -0.05) is 49.2 Å². The van der Waals surface area contributed by atoms with Gasteiger partial charge in [-0.3, -0.25) is 0 Å². The minimum atomic E-state index is 0.159. The molecule has 0 heterocycles. The molecule has 21 heavy (non-hydrogen) atoms. The van der Waals surface area contributed by atoms with Crippen LogP contribution in [0.4, 0.5) is 0 Å². The second-order valence-electron chi connectivity index (χ2n) is 5.04. The summed E-state index contributed by atoms with van der Waals surface area (Å²) in [6, 6.07) is 16.4. The van der Waals surface area contributed by atoms with Crippen molar-refractivity contribution in [2.45, 2.75) is 25.8 Å². The Hall–Kier alpha value is -1.51. The zero-order valence-corrected chi connectivity index (χ0v) is 13.4. The number of rotatable bonds is 7. The lowest BCUT2D eigenvalue weighted by molar-refractivity contribution is 0.309. The van der Waals surface area contributed by atoms with Crippen LogP contribution in [-0.4, -0.2) is 13.7 Å². The minimum absolute atomic E-state index is 0.159. The average molecular weight is 304 g/mol. The van der Waals surface area contributed by atoms with Crippen molar-refractivity contribution >= 4 is 11.6 Å². The molecule has 3 heteroatoms. The Morgan fingerprint density at radius 1 is 1.00 bits per heavy atom. The first-order valence-electron chi connectivity index (χ1n) is 7.40. The van der Waals surface area contributed by atoms with Gasteiger partial charge < -0.3 is 10.1 Å². The van der Waals surface area contributed by atoms with Crippen LogP contribution < -0.4 is 10.1 Å². The van der Waals surface area contributed by atoms with Crippen LogP contribution in [0.5, 0.6) is 5.75 Å². The summed E-state index contributed by atoms with van der Waals surface area (Å²) in [5.74, 6) is 0.929. The van der Waals surface area contributed by atoms with E-state index in [0.29, 0.717) is 0 Å². The van der Waals surface area contributed by atoms with E-state index in [1.165, 1.54) is 11.1 Å². The fraction of sp³-hybridized carbons (Fsp3) is 0.333. The van der Waals surface area contributed by atoms with Gasteiger partial charge in [-0.2, -0.15) is 0 Å². The van der Waals surface area contributed by atoms with Crippen LogP contribution in [0.25, 0.3) is 0 Å². The first kappa shape index (κ1) is 15.9. The van der Waals surface area contributed by atoms with Crippen molar-refractivity contribution in [3.8, 4) is 5.75 Å². The Balaban J connectivity index is 2.09. The molecule has 0 amide bonds. The van der Waals surface area contributed by atoms with Gasteiger partial charge in [0.1, 0.15) is 5.75 Å². The third kappa shape index (κ3) is 4.48. The summed E-state index contributed by atoms with van der Waals surface area (Å²) < 4.78 is 5.70. The normalized spacial score (nSPS) is 12.1. The molecule has 2 rings (SSSR count). The molecule has 1 N–H and O–H groups in total. The van der Waals surface area contributed by atoms with Gasteiger partial charge in [0.25, 0.3) is 0 Å². The van der Waals surface area contributed by atoms with Crippen molar-refractivity contribution in [1.29, 1.82) is 0 Å². The number of benzene rings is 2. The number of halogens is 1. The lowest BCUT2D eigenvalue weighted by Crippen LogP contribution is -2.17. The summed E-state index contributed by atoms with van der Waals surface area (Å²) in [6.07, 6.45) is 2.24. The number of ether oxygens (including phenoxy) is 1. The number of hydrogen-bond donors (Lipinski definition) is 1. The van der Waals surface area contributed by atoms with E-state index in [9.17, 15) is 0 Å². The first-order chi connectivity index (χ1) is 10.2. The Labute approximate surface area is 132 Å². The van der Waals surface area contributed by atoms with Crippen LogP contribution in [0, 0.1) is 0 Å². The maximum absolute atomic E-state index is 5.95. The van der Waals surface area contributed by atoms with Crippen LogP contribution in [-0.2, 0) is 0 Å². The van der Waals surface area contributed by atoms with Crippen LogP contribution in [0.1, 0.15) is 36.9 Å². The molecule has 0 saturated heterocycles. The molecule has 0 aliphatic carbocycles. The highest BCUT2D eigenvalue weighted by Crippen LogP contribution is 2.25. The molecule has 112 valence electrons. The van der Waals surface area contributed by atoms with Crippen LogP contribution in [0.2, 0.25) is 5.02 Å². The molecule has 0 bridgehead atoms. The predicted molar refractivity (Wildman–Crippen MR) is 89.2 cm³/mol. The molecule has 0 aliphatic heterocycles. The zero-order valence-electron chi connectivity index (χ0n) is 12.6. The van der Waals surface area contributed by atoms with Crippen molar-refractivity contribution in [2.75, 3.05) is 13.7 Å². The number of unbranched alkanes of at least 4 members (excludes halogenated alkanes) is 1. The standard InChI is InChI=1S/C18H22ClNO/c1-3-4-13-21-17-11-7-15(8-12-17)18(20-2)14-5-9-16(19)10-6-14/h5-12,18,20H,3-4,13H2,1-2H3. The Morgan fingerprint density at radius 2 is 1.57 bits per heavy atom. The van der Waals surface area contributed by atoms with E-state index >= 15 is 0 Å². The molecule has 0 saturated carbocycles. The molecule has 1 unspecified atom stereocenters. The molecule has 2 aromatic carbocycles. The third-order valence-corrected chi connectivity index (χ3v) is 3.72. The molecule has 0 fully saturated rings. The Morgan fingerprint density at radius 3 is 2.10 bits per heavy atom. The monoisotopic (exact) mass is 303 g/mol. The van der Waals surface area contributed by atoms with Gasteiger partial charge in [-0.15, -0.1) is 0 Å². The second-order valence-corrected chi connectivity index (χ2v) is 5.48. The maximum atomic E-state index is 5.95. The molecule has 0 aliphatic rings. The van der Waals surface area contributed by atoms with E-state index in [4.69, 9.17) is 16.3 Å². The molecule has 2 nitrogen and oxygen atoms in total. The van der Waals surface area contributed by atoms with Crippen molar-refractivity contribution < 1.29 is 4.74 Å². The minimum Gasteiger partial charge on any atom is -0.494 e. The summed E-state index contributed by atoms with van der Waals surface area (Å²) in [6.45, 7) is 2.94. The highest BCUT2D eigenvalue weighted by Gasteiger charge is 2.11. The molecule has 2 aromatic rings. The van der Waals surface area contributed by atoms with Gasteiger partial charge in [0.2, 0.25) is 0 Å². The van der Waals surface area contributed by atoms with Crippen molar-refractivity contribution in [3.63, 3.8) is 0 Å². The van der Waals surface area contributed by atoms with Crippen LogP contribution in [0.3, 0.4) is 0 Å². The lowest BCUT2D eigenvalue weighted by atomic mass is 9.99. The zero-order chi connectivity index (χ0) is 15.1. The van der Waals surface area contributed by atoms with Crippen molar-refractivity contribution in [1.82, 2.24) is 5.32 Å². The second kappa shape index (κ2) is 8.06. The largest absolute Gasteiger partial charge is 0.494 e. The molecule has 0 spiro atoms. The molecule has 1 atom stereocenters. The fourth-order valence-electron chi connectivity index (χ4n) is 2.27. The summed E-state index contributed by atoms with van der Waals surface area (Å²) in [4.78, 5) is 0. The van der Waals surface area contributed by atoms with Crippen LogP contribution >= 0.6 is 11.6 Å². The maximum Gasteiger partial charge on any atom is 0.119 e. The molecule has 0 radical (unpaired) electrons. The van der Waals surface area contributed by atoms with Gasteiger partial charge in [0.15, 0.2) is 0 Å². The number of nitrogens with one attached hydrogen (secondary N) is 1. The van der Waals surface area contributed by atoms with E-state index < -0.39 is 0 Å². The van der Waals surface area contributed by atoms with Crippen molar-refractivity contribution in [3.05, 3.63) is 64.7 Å². The van der Waals surface area contributed by atoms with Gasteiger partial charge in [-0.05, 0) is 48.9 Å². The third-order valence-electron chi connectivity index (χ3n) is 3.47. The van der Waals surface area contributed by atoms with E-state index in [-0.39, 0.29) is 6.04 Å². The van der Waals surface area contributed by atoms with Gasteiger partial charge >= 0.3 is 0 Å². The number of hydrogen-bond acceptors (Lipinski definition) is 2. The van der Waals surface area contributed by atoms with Gasteiger partial charge in [-0.25, -0.2) is 0 Å². The highest BCUT2D eigenvalue weighted by atomic mass is 35.5. The summed E-state index contributed by atoms with van der Waals surface area (Å²) >= 11 is 5.95. The summed E-state index contributed by atoms with van der Waals surface area (Å²) in [5.41, 5.74) is 2.41. The van der Waals surface area contributed by atoms with Gasteiger partial charge in [0.05, 0.1) is 12.6 Å². The predicted octanol–water partition coefficient (Wildman–Crippen LogP) is 4.83. The SMILES string of the molecule is CCCCOc1ccc(C(NC)c2ccc(Cl)cc2)cc1. The summed E-state index contributed by atoms with van der Waals surface area (Å²) in [7, 11) is 1.96. The van der Waals surface area contributed by atoms with E-state index in [2.05, 4.69) is 36.5 Å².